The fourth-order valence-corrected chi connectivity index (χ4v) is 1.06. The van der Waals surface area contributed by atoms with Crippen LogP contribution in [0.3, 0.4) is 0 Å². The Hall–Kier alpha value is 0.519. The second-order valence-corrected chi connectivity index (χ2v) is 4.13. The van der Waals surface area contributed by atoms with Gasteiger partial charge in [-0.2, -0.15) is 0 Å². The van der Waals surface area contributed by atoms with Gasteiger partial charge in [-0.05, 0) is 0 Å². The molecule has 0 radical (unpaired) electrons. The number of carbonyl (C=O) groups excluding carboxylic acids is 6. The zero-order chi connectivity index (χ0) is 20.9. The molecular weight excluding hydrogens is 488 g/mol. The molecule has 0 aromatic carbocycles. The maximum atomic E-state index is 10.1. The monoisotopic (exact) mass is 498 g/mol. The van der Waals surface area contributed by atoms with E-state index in [9.17, 15) is 59.4 Å². The first-order valence-electron chi connectivity index (χ1n) is 6.31. The van der Waals surface area contributed by atoms with E-state index in [1.54, 1.807) is 0 Å². The van der Waals surface area contributed by atoms with E-state index in [1.165, 1.54) is 0 Å². The molecule has 148 valence electrons. The second-order valence-electron chi connectivity index (χ2n) is 4.13. The predicted molar refractivity (Wildman–Crippen MR) is 76.0 cm³/mol. The zero-order valence-corrected chi connectivity index (χ0v) is 21.4. The largest absolute Gasteiger partial charge is 2.00 e. The molecule has 0 aromatic rings. The third-order valence-electron chi connectivity index (χ3n) is 2.03. The summed E-state index contributed by atoms with van der Waals surface area (Å²) in [5.41, 5.74) is 0. The predicted octanol–water partition coefficient (Wildman–Crippen LogP) is -11.1. The molecule has 14 nitrogen and oxygen atoms in total. The fraction of sp³-hybridized carbons (Fsp3) is 0.500. The normalized spacial score (nSPS) is 10.8. The van der Waals surface area contributed by atoms with E-state index in [4.69, 9.17) is 0 Å². The number of hydrogen-bond donors (Lipinski definition) is 0. The topological polar surface area (TPSA) is 259 Å². The van der Waals surface area contributed by atoms with Crippen LogP contribution in [0.5, 0.6) is 0 Å². The average molecular weight is 498 g/mol. The van der Waals surface area contributed by atoms with Crippen LogP contribution >= 0.6 is 0 Å². The minimum absolute atomic E-state index is 0. The molecule has 29 heavy (non-hydrogen) atoms. The second kappa shape index (κ2) is 23.2. The molecule has 2 atom stereocenters. The van der Waals surface area contributed by atoms with Crippen LogP contribution in [0.25, 0.3) is 0 Å². The van der Waals surface area contributed by atoms with Crippen LogP contribution in [0.4, 0.5) is 0 Å². The molecule has 0 saturated heterocycles. The number of carboxylic acids is 6. The number of rotatable bonds is 12. The van der Waals surface area contributed by atoms with Gasteiger partial charge in [0.05, 0.1) is 37.1 Å². The zero-order valence-electron chi connectivity index (χ0n) is 14.8. The molecule has 0 aromatic heterocycles. The number of carboxylic acid groups (broad SMARTS) is 6. The standard InChI is InChI=1S/2C6H8O7.3Ca/c2*7-4(8)1-3(6(11)12)13-2-5(9)10;;;/h2*3H,1-2H2,(H,7,8)(H,9,10)(H,11,12);;;/q;;3*+2/p-6. The van der Waals surface area contributed by atoms with Gasteiger partial charge in [0.15, 0.2) is 0 Å². The summed E-state index contributed by atoms with van der Waals surface area (Å²) in [5.74, 6) is -10.3. The minimum Gasteiger partial charge on any atom is -0.550 e. The van der Waals surface area contributed by atoms with Crippen molar-refractivity contribution in [2.45, 2.75) is 25.0 Å². The van der Waals surface area contributed by atoms with Gasteiger partial charge in [-0.15, -0.1) is 0 Å². The van der Waals surface area contributed by atoms with E-state index in [2.05, 4.69) is 9.47 Å². The van der Waals surface area contributed by atoms with Crippen LogP contribution in [-0.2, 0) is 38.2 Å². The Kier molecular flexibility index (Phi) is 31.9. The van der Waals surface area contributed by atoms with Gasteiger partial charge in [-0.25, -0.2) is 0 Å². The Labute approximate surface area is 252 Å². The number of carbonyl (C=O) groups is 6. The molecule has 0 amide bonds. The Balaban J connectivity index is -0.000000120. The van der Waals surface area contributed by atoms with Crippen molar-refractivity contribution in [2.75, 3.05) is 13.2 Å². The molecule has 0 saturated carbocycles. The van der Waals surface area contributed by atoms with Crippen LogP contribution in [0.15, 0.2) is 0 Å². The Morgan fingerprint density at radius 3 is 0.897 bits per heavy atom. The van der Waals surface area contributed by atoms with Gasteiger partial charge in [0.25, 0.3) is 0 Å². The quantitative estimate of drug-likeness (QED) is 0.226. The summed E-state index contributed by atoms with van der Waals surface area (Å²) < 4.78 is 8.26. The van der Waals surface area contributed by atoms with Crippen LogP contribution in [0, 0.1) is 0 Å². The summed E-state index contributed by atoms with van der Waals surface area (Å²) in [6, 6.07) is 0. The van der Waals surface area contributed by atoms with Crippen molar-refractivity contribution in [3.05, 3.63) is 0 Å². The summed E-state index contributed by atoms with van der Waals surface area (Å²) in [6.45, 7) is -2.02. The van der Waals surface area contributed by atoms with Crippen LogP contribution in [0.1, 0.15) is 12.8 Å². The first-order chi connectivity index (χ1) is 11.9. The molecule has 0 fully saturated rings. The average Bonchev–Trinajstić information content (AvgIpc) is 2.46. The van der Waals surface area contributed by atoms with E-state index in [-0.39, 0.29) is 113 Å². The van der Waals surface area contributed by atoms with Gasteiger partial charge in [-0.3, -0.25) is 0 Å². The van der Waals surface area contributed by atoms with Gasteiger partial charge in [0, 0.05) is 24.8 Å². The van der Waals surface area contributed by atoms with E-state index >= 15 is 0 Å². The van der Waals surface area contributed by atoms with E-state index in [0.717, 1.165) is 0 Å². The molecule has 0 bridgehead atoms. The van der Waals surface area contributed by atoms with Crippen LogP contribution < -0.4 is 30.6 Å². The first-order valence-corrected chi connectivity index (χ1v) is 6.31. The summed E-state index contributed by atoms with van der Waals surface area (Å²) in [6.07, 6.45) is -5.59. The summed E-state index contributed by atoms with van der Waals surface area (Å²) in [5, 5.41) is 59.6. The third-order valence-corrected chi connectivity index (χ3v) is 2.03. The van der Waals surface area contributed by atoms with Crippen LogP contribution in [0.2, 0.25) is 0 Å². The van der Waals surface area contributed by atoms with Crippen molar-refractivity contribution >= 4 is 149 Å². The summed E-state index contributed by atoms with van der Waals surface area (Å²) in [4.78, 5) is 59.6. The molecule has 0 spiro atoms. The summed E-state index contributed by atoms with van der Waals surface area (Å²) >= 11 is 0. The smallest absolute Gasteiger partial charge is 0.550 e. The van der Waals surface area contributed by atoms with Gasteiger partial charge >= 0.3 is 113 Å². The molecule has 0 heterocycles. The SMILES string of the molecule is O=C([O-])COC(CC(=O)[O-])C(=O)[O-].O=C([O-])COC(CC(=O)[O-])C(=O)[O-].[Ca+2].[Ca+2].[Ca+2]. The molecule has 0 rings (SSSR count). The fourth-order valence-electron chi connectivity index (χ4n) is 1.06. The van der Waals surface area contributed by atoms with Gasteiger partial charge in [-0.1, -0.05) is 0 Å². The number of ether oxygens (including phenoxy) is 2. The van der Waals surface area contributed by atoms with Crippen molar-refractivity contribution in [1.82, 2.24) is 0 Å². The van der Waals surface area contributed by atoms with Crippen molar-refractivity contribution in [1.29, 1.82) is 0 Å². The Morgan fingerprint density at radius 2 is 0.759 bits per heavy atom. The van der Waals surface area contributed by atoms with Gasteiger partial charge in [0.2, 0.25) is 0 Å². The van der Waals surface area contributed by atoms with E-state index in [0.29, 0.717) is 0 Å². The van der Waals surface area contributed by atoms with Gasteiger partial charge < -0.3 is 68.9 Å². The van der Waals surface area contributed by atoms with Crippen LogP contribution in [-0.4, -0.2) is 174 Å². The molecule has 2 unspecified atom stereocenters. The van der Waals surface area contributed by atoms with Crippen molar-refractivity contribution < 1.29 is 68.9 Å². The van der Waals surface area contributed by atoms with E-state index < -0.39 is 74.1 Å². The Morgan fingerprint density at radius 1 is 0.517 bits per heavy atom. The van der Waals surface area contributed by atoms with Crippen molar-refractivity contribution in [2.24, 2.45) is 0 Å². The van der Waals surface area contributed by atoms with Gasteiger partial charge in [0.1, 0.15) is 12.2 Å². The molecular formula is C12H10Ca3O14. The molecule has 17 heteroatoms. The molecule has 0 aliphatic rings. The number of aliphatic carboxylic acids is 6. The first kappa shape index (κ1) is 39.9. The maximum Gasteiger partial charge on any atom is 2.00 e. The maximum absolute atomic E-state index is 10.1. The van der Waals surface area contributed by atoms with Crippen molar-refractivity contribution in [3.63, 3.8) is 0 Å². The summed E-state index contributed by atoms with van der Waals surface area (Å²) in [7, 11) is 0. The third kappa shape index (κ3) is 28.5. The molecule has 0 aliphatic carbocycles. The Bertz CT molecular complexity index is 504. The molecule has 0 aliphatic heterocycles. The molecule has 0 N–H and O–H groups in total. The van der Waals surface area contributed by atoms with E-state index in [1.807, 2.05) is 0 Å². The van der Waals surface area contributed by atoms with Crippen molar-refractivity contribution in [3.8, 4) is 0 Å². The minimum atomic E-state index is -1.83. The number of hydrogen-bond acceptors (Lipinski definition) is 14.